The molecule has 1 aliphatic heterocycles. The lowest BCUT2D eigenvalue weighted by Crippen LogP contribution is -2.18. The van der Waals surface area contributed by atoms with E-state index in [2.05, 4.69) is 31.3 Å². The molecule has 100 valence electrons. The van der Waals surface area contributed by atoms with Crippen LogP contribution >= 0.6 is 0 Å². The molecule has 0 fully saturated rings. The van der Waals surface area contributed by atoms with E-state index in [0.717, 1.165) is 37.6 Å². The number of fused-ring (bicyclic) bond motifs is 1. The summed E-state index contributed by atoms with van der Waals surface area (Å²) in [4.78, 5) is 0. The first-order valence-corrected chi connectivity index (χ1v) is 6.77. The molecular weight excluding hydrogens is 226 g/mol. The Kier molecular flexibility index (Phi) is 4.48. The highest BCUT2D eigenvalue weighted by atomic mass is 16.5. The molecule has 1 heterocycles. The van der Waals surface area contributed by atoms with E-state index in [-0.39, 0.29) is 0 Å². The van der Waals surface area contributed by atoms with Gasteiger partial charge < -0.3 is 14.8 Å². The number of ether oxygens (including phenoxy) is 2. The molecular formula is C15H23NO2. The van der Waals surface area contributed by atoms with Gasteiger partial charge in [-0.25, -0.2) is 0 Å². The van der Waals surface area contributed by atoms with Crippen molar-refractivity contribution in [3.05, 3.63) is 23.8 Å². The molecule has 3 heteroatoms. The van der Waals surface area contributed by atoms with Crippen molar-refractivity contribution in [2.45, 2.75) is 32.7 Å². The maximum absolute atomic E-state index is 5.74. The second kappa shape index (κ2) is 6.10. The van der Waals surface area contributed by atoms with Gasteiger partial charge in [-0.15, -0.1) is 0 Å². The van der Waals surface area contributed by atoms with Crippen molar-refractivity contribution in [1.29, 1.82) is 0 Å². The van der Waals surface area contributed by atoms with E-state index < -0.39 is 0 Å². The normalized spacial score (nSPS) is 16.4. The Labute approximate surface area is 109 Å². The molecule has 0 saturated carbocycles. The lowest BCUT2D eigenvalue weighted by Gasteiger charge is -2.20. The van der Waals surface area contributed by atoms with Crippen LogP contribution in [0.3, 0.4) is 0 Å². The third kappa shape index (κ3) is 3.16. The number of nitrogens with one attached hydrogen (secondary N) is 1. The maximum Gasteiger partial charge on any atom is 0.161 e. The van der Waals surface area contributed by atoms with E-state index in [9.17, 15) is 0 Å². The Morgan fingerprint density at radius 1 is 1.17 bits per heavy atom. The summed E-state index contributed by atoms with van der Waals surface area (Å²) < 4.78 is 11.4. The fourth-order valence-electron chi connectivity index (χ4n) is 2.29. The third-order valence-electron chi connectivity index (χ3n) is 3.23. The summed E-state index contributed by atoms with van der Waals surface area (Å²) in [6.07, 6.45) is 2.07. The first-order valence-electron chi connectivity index (χ1n) is 6.77. The molecule has 0 aliphatic carbocycles. The molecule has 1 atom stereocenters. The van der Waals surface area contributed by atoms with E-state index in [4.69, 9.17) is 9.47 Å². The summed E-state index contributed by atoms with van der Waals surface area (Å²) in [6.45, 7) is 5.97. The molecule has 1 N–H and O–H groups in total. The summed E-state index contributed by atoms with van der Waals surface area (Å²) in [5.74, 6) is 2.42. The first kappa shape index (κ1) is 13.2. The van der Waals surface area contributed by atoms with Gasteiger partial charge in [0.25, 0.3) is 0 Å². The molecule has 0 saturated heterocycles. The maximum atomic E-state index is 5.74. The molecule has 1 aliphatic rings. The smallest absolute Gasteiger partial charge is 0.161 e. The molecule has 2 rings (SSSR count). The third-order valence-corrected chi connectivity index (χ3v) is 3.23. The Balaban J connectivity index is 2.20. The zero-order valence-electron chi connectivity index (χ0n) is 11.5. The number of rotatable bonds is 4. The Morgan fingerprint density at radius 3 is 2.56 bits per heavy atom. The molecule has 0 aromatic heterocycles. The highest BCUT2D eigenvalue weighted by Gasteiger charge is 2.16. The molecule has 18 heavy (non-hydrogen) atoms. The van der Waals surface area contributed by atoms with Gasteiger partial charge in [-0.2, -0.15) is 0 Å². The van der Waals surface area contributed by atoms with Gasteiger partial charge in [-0.1, -0.05) is 19.9 Å². The fourth-order valence-corrected chi connectivity index (χ4v) is 2.29. The molecule has 0 radical (unpaired) electrons. The number of hydrogen-bond acceptors (Lipinski definition) is 3. The van der Waals surface area contributed by atoms with Crippen molar-refractivity contribution in [2.75, 3.05) is 20.3 Å². The molecule has 0 amide bonds. The van der Waals surface area contributed by atoms with Gasteiger partial charge in [0.1, 0.15) is 0 Å². The molecule has 1 unspecified atom stereocenters. The van der Waals surface area contributed by atoms with Gasteiger partial charge >= 0.3 is 0 Å². The summed E-state index contributed by atoms with van der Waals surface area (Å²) in [5, 5.41) is 3.38. The minimum absolute atomic E-state index is 0.377. The highest BCUT2D eigenvalue weighted by molar-refractivity contribution is 5.44. The van der Waals surface area contributed by atoms with Crippen LogP contribution in [-0.2, 0) is 0 Å². The van der Waals surface area contributed by atoms with E-state index in [1.807, 2.05) is 13.1 Å². The Morgan fingerprint density at radius 2 is 1.89 bits per heavy atom. The van der Waals surface area contributed by atoms with Gasteiger partial charge in [0.05, 0.1) is 13.2 Å². The van der Waals surface area contributed by atoms with Crippen LogP contribution in [0, 0.1) is 5.92 Å². The van der Waals surface area contributed by atoms with Gasteiger partial charge in [-0.3, -0.25) is 0 Å². The van der Waals surface area contributed by atoms with Crippen LogP contribution in [0.1, 0.15) is 38.3 Å². The zero-order valence-corrected chi connectivity index (χ0v) is 11.5. The van der Waals surface area contributed by atoms with E-state index >= 15 is 0 Å². The predicted molar refractivity (Wildman–Crippen MR) is 73.3 cm³/mol. The second-order valence-corrected chi connectivity index (χ2v) is 5.23. The van der Waals surface area contributed by atoms with Crippen molar-refractivity contribution in [3.8, 4) is 11.5 Å². The molecule has 1 aromatic rings. The van der Waals surface area contributed by atoms with Crippen molar-refractivity contribution < 1.29 is 9.47 Å². The van der Waals surface area contributed by atoms with Gasteiger partial charge in [0.15, 0.2) is 11.5 Å². The fraction of sp³-hybridized carbons (Fsp3) is 0.600. The quantitative estimate of drug-likeness (QED) is 0.889. The van der Waals surface area contributed by atoms with Crippen molar-refractivity contribution in [3.63, 3.8) is 0 Å². The standard InChI is InChI=1S/C15H23NO2/c1-11(2)9-13(16-3)12-5-6-14-15(10-12)18-8-4-7-17-14/h5-6,10-11,13,16H,4,7-9H2,1-3H3. The predicted octanol–water partition coefficient (Wildman–Crippen LogP) is 3.15. The van der Waals surface area contributed by atoms with E-state index in [0.29, 0.717) is 12.0 Å². The van der Waals surface area contributed by atoms with Crippen LogP contribution in [0.25, 0.3) is 0 Å². The van der Waals surface area contributed by atoms with Crippen molar-refractivity contribution in [1.82, 2.24) is 5.32 Å². The van der Waals surface area contributed by atoms with Crippen LogP contribution in [0.15, 0.2) is 18.2 Å². The second-order valence-electron chi connectivity index (χ2n) is 5.23. The van der Waals surface area contributed by atoms with Gasteiger partial charge in [-0.05, 0) is 37.1 Å². The summed E-state index contributed by atoms with van der Waals surface area (Å²) in [6, 6.07) is 6.66. The van der Waals surface area contributed by atoms with Gasteiger partial charge in [0.2, 0.25) is 0 Å². The summed E-state index contributed by atoms with van der Waals surface area (Å²) in [7, 11) is 2.01. The van der Waals surface area contributed by atoms with Crippen molar-refractivity contribution >= 4 is 0 Å². The topological polar surface area (TPSA) is 30.5 Å². The van der Waals surface area contributed by atoms with Crippen LogP contribution in [0.4, 0.5) is 0 Å². The molecule has 1 aromatic carbocycles. The van der Waals surface area contributed by atoms with E-state index in [1.165, 1.54) is 5.56 Å². The summed E-state index contributed by atoms with van der Waals surface area (Å²) >= 11 is 0. The largest absolute Gasteiger partial charge is 0.490 e. The lowest BCUT2D eigenvalue weighted by molar-refractivity contribution is 0.297. The molecule has 0 bridgehead atoms. The lowest BCUT2D eigenvalue weighted by atomic mass is 9.97. The minimum Gasteiger partial charge on any atom is -0.490 e. The van der Waals surface area contributed by atoms with Crippen LogP contribution in [-0.4, -0.2) is 20.3 Å². The Hall–Kier alpha value is -1.22. The average molecular weight is 249 g/mol. The van der Waals surface area contributed by atoms with Crippen LogP contribution in [0.2, 0.25) is 0 Å². The number of hydrogen-bond donors (Lipinski definition) is 1. The van der Waals surface area contributed by atoms with Crippen LogP contribution < -0.4 is 14.8 Å². The van der Waals surface area contributed by atoms with Gasteiger partial charge in [0, 0.05) is 12.5 Å². The van der Waals surface area contributed by atoms with Crippen molar-refractivity contribution in [2.24, 2.45) is 5.92 Å². The zero-order chi connectivity index (χ0) is 13.0. The first-order chi connectivity index (χ1) is 8.70. The van der Waals surface area contributed by atoms with E-state index in [1.54, 1.807) is 0 Å². The number of benzene rings is 1. The Bertz CT molecular complexity index is 390. The minimum atomic E-state index is 0.377. The summed E-state index contributed by atoms with van der Waals surface area (Å²) in [5.41, 5.74) is 1.27. The monoisotopic (exact) mass is 249 g/mol. The highest BCUT2D eigenvalue weighted by Crippen LogP contribution is 2.33. The average Bonchev–Trinajstić information content (AvgIpc) is 2.59. The molecule has 3 nitrogen and oxygen atoms in total. The molecule has 0 spiro atoms. The SMILES string of the molecule is CNC(CC(C)C)c1ccc2c(c1)OCCCO2. The van der Waals surface area contributed by atoms with Crippen LogP contribution in [0.5, 0.6) is 11.5 Å².